The normalized spacial score (nSPS) is 39.5. The first-order chi connectivity index (χ1) is 5.76. The first kappa shape index (κ1) is 8.59. The van der Waals surface area contributed by atoms with Gasteiger partial charge in [-0.3, -0.25) is 0 Å². The van der Waals surface area contributed by atoms with E-state index in [-0.39, 0.29) is 0 Å². The summed E-state index contributed by atoms with van der Waals surface area (Å²) < 4.78 is 0. The van der Waals surface area contributed by atoms with E-state index in [0.29, 0.717) is 0 Å². The van der Waals surface area contributed by atoms with Crippen LogP contribution in [0.3, 0.4) is 0 Å². The molecule has 0 aromatic heterocycles. The van der Waals surface area contributed by atoms with Crippen molar-refractivity contribution in [3.05, 3.63) is 0 Å². The van der Waals surface area contributed by atoms with Gasteiger partial charge in [-0.25, -0.2) is 0 Å². The van der Waals surface area contributed by atoms with E-state index in [0.717, 1.165) is 17.3 Å². The molecule has 0 nitrogen and oxygen atoms in total. The van der Waals surface area contributed by atoms with E-state index in [1.54, 1.807) is 0 Å². The monoisotopic (exact) mass is 166 g/mol. The van der Waals surface area contributed by atoms with Crippen molar-refractivity contribution in [2.45, 2.75) is 58.8 Å². The van der Waals surface area contributed by atoms with Gasteiger partial charge in [0.05, 0.1) is 0 Å². The topological polar surface area (TPSA) is 0 Å². The Balaban J connectivity index is 1.98. The molecular weight excluding hydrogens is 144 g/mol. The molecule has 2 fully saturated rings. The second kappa shape index (κ2) is 3.05. The lowest BCUT2D eigenvalue weighted by Gasteiger charge is -2.47. The Hall–Kier alpha value is 0. The molecule has 0 radical (unpaired) electrons. The molecular formula is C12H22. The summed E-state index contributed by atoms with van der Waals surface area (Å²) in [5.41, 5.74) is 0.763. The van der Waals surface area contributed by atoms with Crippen LogP contribution < -0.4 is 0 Å². The fourth-order valence-electron chi connectivity index (χ4n) is 3.53. The van der Waals surface area contributed by atoms with Gasteiger partial charge in [0.15, 0.2) is 0 Å². The lowest BCUT2D eigenvalue weighted by molar-refractivity contribution is 0.0318. The van der Waals surface area contributed by atoms with Gasteiger partial charge in [-0.1, -0.05) is 33.1 Å². The minimum atomic E-state index is 0.763. The summed E-state index contributed by atoms with van der Waals surface area (Å²) in [4.78, 5) is 0. The molecule has 2 aliphatic rings. The smallest absolute Gasteiger partial charge is 0.0295 e. The van der Waals surface area contributed by atoms with E-state index >= 15 is 0 Å². The van der Waals surface area contributed by atoms with Crippen LogP contribution in [0.5, 0.6) is 0 Å². The zero-order valence-corrected chi connectivity index (χ0v) is 8.60. The zero-order chi connectivity index (χ0) is 8.60. The molecule has 2 atom stereocenters. The van der Waals surface area contributed by atoms with Gasteiger partial charge in [-0.2, -0.15) is 0 Å². The predicted octanol–water partition coefficient (Wildman–Crippen LogP) is 4.00. The van der Waals surface area contributed by atoms with Crippen LogP contribution in [0.15, 0.2) is 0 Å². The summed E-state index contributed by atoms with van der Waals surface area (Å²) in [5.74, 6) is 2.19. The summed E-state index contributed by atoms with van der Waals surface area (Å²) in [5, 5.41) is 0. The first-order valence-corrected chi connectivity index (χ1v) is 5.76. The molecule has 2 aliphatic carbocycles. The maximum Gasteiger partial charge on any atom is -0.0295 e. The van der Waals surface area contributed by atoms with Gasteiger partial charge in [-0.15, -0.1) is 0 Å². The van der Waals surface area contributed by atoms with Crippen LogP contribution in [0, 0.1) is 17.3 Å². The van der Waals surface area contributed by atoms with Crippen molar-refractivity contribution < 1.29 is 0 Å². The molecule has 2 rings (SSSR count). The van der Waals surface area contributed by atoms with Crippen molar-refractivity contribution in [3.8, 4) is 0 Å². The van der Waals surface area contributed by atoms with Crippen LogP contribution in [0.1, 0.15) is 58.8 Å². The number of rotatable bonds is 2. The van der Waals surface area contributed by atoms with Gasteiger partial charge >= 0.3 is 0 Å². The standard InChI is InChI=1S/C12H22/c1-3-10-6-7-11(10)12(2)8-4-5-9-12/h10-11H,3-9H2,1-2H3. The maximum atomic E-state index is 2.55. The van der Waals surface area contributed by atoms with Gasteiger partial charge in [0.2, 0.25) is 0 Å². The Morgan fingerprint density at radius 1 is 1.17 bits per heavy atom. The Morgan fingerprint density at radius 2 is 1.83 bits per heavy atom. The highest BCUT2D eigenvalue weighted by Gasteiger charge is 2.44. The van der Waals surface area contributed by atoms with Crippen LogP contribution in [-0.4, -0.2) is 0 Å². The third-order valence-corrected chi connectivity index (χ3v) is 4.58. The zero-order valence-electron chi connectivity index (χ0n) is 8.60. The van der Waals surface area contributed by atoms with Crippen molar-refractivity contribution in [3.63, 3.8) is 0 Å². The van der Waals surface area contributed by atoms with Crippen molar-refractivity contribution in [1.82, 2.24) is 0 Å². The van der Waals surface area contributed by atoms with Crippen LogP contribution in [-0.2, 0) is 0 Å². The van der Waals surface area contributed by atoms with Crippen LogP contribution in [0.4, 0.5) is 0 Å². The SMILES string of the molecule is CCC1CCC1C1(C)CCCC1. The largest absolute Gasteiger partial charge is 0.0651 e. The molecule has 2 saturated carbocycles. The van der Waals surface area contributed by atoms with Crippen molar-refractivity contribution in [1.29, 1.82) is 0 Å². The first-order valence-electron chi connectivity index (χ1n) is 5.76. The Morgan fingerprint density at radius 3 is 2.25 bits per heavy atom. The van der Waals surface area contributed by atoms with E-state index in [9.17, 15) is 0 Å². The average molecular weight is 166 g/mol. The highest BCUT2D eigenvalue weighted by atomic mass is 14.5. The molecule has 0 bridgehead atoms. The van der Waals surface area contributed by atoms with Crippen molar-refractivity contribution >= 4 is 0 Å². The molecule has 0 aromatic rings. The Labute approximate surface area is 76.7 Å². The molecule has 2 unspecified atom stereocenters. The second-order valence-electron chi connectivity index (χ2n) is 5.21. The quantitative estimate of drug-likeness (QED) is 0.581. The summed E-state index contributed by atoms with van der Waals surface area (Å²) in [7, 11) is 0. The number of hydrogen-bond donors (Lipinski definition) is 0. The Kier molecular flexibility index (Phi) is 2.18. The second-order valence-corrected chi connectivity index (χ2v) is 5.21. The average Bonchev–Trinajstić information content (AvgIpc) is 2.35. The van der Waals surface area contributed by atoms with E-state index in [1.165, 1.54) is 44.9 Å². The van der Waals surface area contributed by atoms with Gasteiger partial charge in [0.1, 0.15) is 0 Å². The summed E-state index contributed by atoms with van der Waals surface area (Å²) >= 11 is 0. The molecule has 0 N–H and O–H groups in total. The highest BCUT2D eigenvalue weighted by Crippen LogP contribution is 2.55. The van der Waals surface area contributed by atoms with E-state index < -0.39 is 0 Å². The van der Waals surface area contributed by atoms with E-state index in [4.69, 9.17) is 0 Å². The van der Waals surface area contributed by atoms with Crippen LogP contribution in [0.25, 0.3) is 0 Å². The third-order valence-electron chi connectivity index (χ3n) is 4.58. The molecule has 0 aliphatic heterocycles. The molecule has 0 aromatic carbocycles. The van der Waals surface area contributed by atoms with Crippen LogP contribution in [0.2, 0.25) is 0 Å². The molecule has 0 heteroatoms. The fourth-order valence-corrected chi connectivity index (χ4v) is 3.53. The molecule has 0 heterocycles. The van der Waals surface area contributed by atoms with Gasteiger partial charge < -0.3 is 0 Å². The third kappa shape index (κ3) is 1.20. The van der Waals surface area contributed by atoms with E-state index in [2.05, 4.69) is 13.8 Å². The molecule has 0 amide bonds. The summed E-state index contributed by atoms with van der Waals surface area (Å²) in [6.45, 7) is 4.92. The van der Waals surface area contributed by atoms with Gasteiger partial charge in [-0.05, 0) is 42.9 Å². The lowest BCUT2D eigenvalue weighted by atomic mass is 9.58. The van der Waals surface area contributed by atoms with Gasteiger partial charge in [0.25, 0.3) is 0 Å². The highest BCUT2D eigenvalue weighted by molar-refractivity contribution is 4.95. The molecule has 0 spiro atoms. The predicted molar refractivity (Wildman–Crippen MR) is 53.1 cm³/mol. The Bertz CT molecular complexity index is 151. The number of hydrogen-bond acceptors (Lipinski definition) is 0. The summed E-state index contributed by atoms with van der Waals surface area (Å²) in [6, 6.07) is 0. The minimum absolute atomic E-state index is 0.763. The van der Waals surface area contributed by atoms with Crippen molar-refractivity contribution in [2.24, 2.45) is 17.3 Å². The fraction of sp³-hybridized carbons (Fsp3) is 1.00. The summed E-state index contributed by atoms with van der Waals surface area (Å²) in [6.07, 6.45) is 10.5. The molecule has 12 heavy (non-hydrogen) atoms. The molecule has 70 valence electrons. The van der Waals surface area contributed by atoms with Crippen LogP contribution >= 0.6 is 0 Å². The van der Waals surface area contributed by atoms with Gasteiger partial charge in [0, 0.05) is 0 Å². The minimum Gasteiger partial charge on any atom is -0.0651 e. The van der Waals surface area contributed by atoms with E-state index in [1.807, 2.05) is 0 Å². The maximum absolute atomic E-state index is 2.55. The lowest BCUT2D eigenvalue weighted by Crippen LogP contribution is -2.37. The molecule has 0 saturated heterocycles. The van der Waals surface area contributed by atoms with Crippen molar-refractivity contribution in [2.75, 3.05) is 0 Å².